The van der Waals surface area contributed by atoms with Gasteiger partial charge in [-0.15, -0.1) is 0 Å². The third kappa shape index (κ3) is 3.69. The molecule has 3 heterocycles. The Morgan fingerprint density at radius 2 is 1.75 bits per heavy atom. The lowest BCUT2D eigenvalue weighted by atomic mass is 9.95. The van der Waals surface area contributed by atoms with Gasteiger partial charge in [0.25, 0.3) is 5.91 Å². The molecule has 28 heavy (non-hydrogen) atoms. The number of rotatable bonds is 2. The fourth-order valence-electron chi connectivity index (χ4n) is 4.04. The maximum absolute atomic E-state index is 13.9. The number of carbonyl (C=O) groups excluding carboxylic acids is 2. The monoisotopic (exact) mass is 385 g/mol. The average molecular weight is 385 g/mol. The Bertz CT molecular complexity index is 890. The molecular formula is C21H21F2N3O2. The van der Waals surface area contributed by atoms with Gasteiger partial charge in [-0.1, -0.05) is 18.2 Å². The van der Waals surface area contributed by atoms with E-state index in [4.69, 9.17) is 0 Å². The number of piperidine rings is 1. The number of fused-ring (bicyclic) bond motifs is 4. The fourth-order valence-corrected chi connectivity index (χ4v) is 4.04. The molecule has 2 atom stereocenters. The van der Waals surface area contributed by atoms with Crippen LogP contribution in [0.3, 0.4) is 0 Å². The van der Waals surface area contributed by atoms with E-state index in [0.29, 0.717) is 25.2 Å². The van der Waals surface area contributed by atoms with Gasteiger partial charge in [0.05, 0.1) is 11.7 Å². The Morgan fingerprint density at radius 3 is 2.50 bits per heavy atom. The van der Waals surface area contributed by atoms with Crippen LogP contribution in [0.25, 0.3) is 0 Å². The molecule has 3 saturated heterocycles. The zero-order valence-electron chi connectivity index (χ0n) is 15.3. The Hall–Kier alpha value is -2.96. The van der Waals surface area contributed by atoms with Crippen molar-refractivity contribution < 1.29 is 18.4 Å². The van der Waals surface area contributed by atoms with Crippen molar-refractivity contribution in [3.05, 3.63) is 65.7 Å². The molecule has 0 saturated carbocycles. The lowest BCUT2D eigenvalue weighted by Gasteiger charge is -2.36. The Kier molecular flexibility index (Phi) is 4.98. The Labute approximate surface area is 161 Å². The number of anilines is 1. The highest BCUT2D eigenvalue weighted by Crippen LogP contribution is 2.29. The maximum Gasteiger partial charge on any atom is 0.322 e. The molecule has 2 aromatic carbocycles. The topological polar surface area (TPSA) is 52.7 Å². The molecule has 3 amide bonds. The number of nitrogens with zero attached hydrogens (tertiary/aromatic N) is 2. The van der Waals surface area contributed by atoms with Crippen LogP contribution in [0.1, 0.15) is 23.2 Å². The minimum atomic E-state index is -0.811. The lowest BCUT2D eigenvalue weighted by molar-refractivity contribution is 0.0743. The Balaban J connectivity index is 1.48. The summed E-state index contributed by atoms with van der Waals surface area (Å²) in [6.07, 6.45) is 1.74. The van der Waals surface area contributed by atoms with E-state index in [0.717, 1.165) is 25.0 Å². The lowest BCUT2D eigenvalue weighted by Crippen LogP contribution is -2.49. The van der Waals surface area contributed by atoms with Crippen molar-refractivity contribution in [3.8, 4) is 0 Å². The van der Waals surface area contributed by atoms with E-state index >= 15 is 0 Å². The maximum atomic E-state index is 13.9. The predicted octanol–water partition coefficient (Wildman–Crippen LogP) is 3.73. The normalized spacial score (nSPS) is 21.4. The van der Waals surface area contributed by atoms with Crippen LogP contribution >= 0.6 is 0 Å². The summed E-state index contributed by atoms with van der Waals surface area (Å²) in [6, 6.07) is 11.6. The van der Waals surface area contributed by atoms with Crippen LogP contribution in [0.4, 0.5) is 19.3 Å². The van der Waals surface area contributed by atoms with Crippen molar-refractivity contribution in [3.63, 3.8) is 0 Å². The van der Waals surface area contributed by atoms with E-state index in [9.17, 15) is 18.4 Å². The number of carbonyl (C=O) groups is 2. The van der Waals surface area contributed by atoms with Gasteiger partial charge in [-0.2, -0.15) is 0 Å². The highest BCUT2D eigenvalue weighted by atomic mass is 19.1. The third-order valence-corrected chi connectivity index (χ3v) is 5.46. The van der Waals surface area contributed by atoms with E-state index < -0.39 is 17.7 Å². The van der Waals surface area contributed by atoms with Gasteiger partial charge >= 0.3 is 6.03 Å². The number of benzene rings is 2. The summed E-state index contributed by atoms with van der Waals surface area (Å²) in [5, 5.41) is 2.54. The first kappa shape index (κ1) is 18.4. The number of hydrogen-bond acceptors (Lipinski definition) is 2. The largest absolute Gasteiger partial charge is 0.336 e. The molecule has 1 N–H and O–H groups in total. The molecule has 0 spiro atoms. The zero-order chi connectivity index (χ0) is 19.7. The molecule has 0 aromatic heterocycles. The van der Waals surface area contributed by atoms with Crippen LogP contribution in [0.15, 0.2) is 48.5 Å². The van der Waals surface area contributed by atoms with Crippen molar-refractivity contribution in [1.29, 1.82) is 0 Å². The fraction of sp³-hybridized carbons (Fsp3) is 0.333. The van der Waals surface area contributed by atoms with E-state index in [1.54, 1.807) is 17.0 Å². The molecule has 3 aliphatic heterocycles. The van der Waals surface area contributed by atoms with Gasteiger partial charge in [0.1, 0.15) is 11.6 Å². The van der Waals surface area contributed by atoms with Gasteiger partial charge in [-0.3, -0.25) is 4.79 Å². The van der Waals surface area contributed by atoms with Crippen molar-refractivity contribution in [2.24, 2.45) is 5.92 Å². The van der Waals surface area contributed by atoms with Gasteiger partial charge in [-0.05, 0) is 43.0 Å². The molecular weight excluding hydrogens is 364 g/mol. The van der Waals surface area contributed by atoms with Crippen LogP contribution in [0, 0.1) is 17.6 Å². The predicted molar refractivity (Wildman–Crippen MR) is 101 cm³/mol. The van der Waals surface area contributed by atoms with Crippen molar-refractivity contribution in [2.45, 2.75) is 18.9 Å². The van der Waals surface area contributed by atoms with Gasteiger partial charge in [0.15, 0.2) is 0 Å². The smallest absolute Gasteiger partial charge is 0.322 e. The highest BCUT2D eigenvalue weighted by Gasteiger charge is 2.39. The average Bonchev–Trinajstić information content (AvgIpc) is 3.02. The van der Waals surface area contributed by atoms with E-state index in [-0.39, 0.29) is 23.6 Å². The van der Waals surface area contributed by atoms with E-state index in [1.165, 1.54) is 6.07 Å². The number of hydrogen-bond donors (Lipinski definition) is 1. The minimum absolute atomic E-state index is 0.0377. The number of halogens is 2. The summed E-state index contributed by atoms with van der Waals surface area (Å²) in [4.78, 5) is 29.1. The molecule has 2 bridgehead atoms. The van der Waals surface area contributed by atoms with Crippen LogP contribution in [0.2, 0.25) is 0 Å². The molecule has 2 unspecified atom stereocenters. The molecule has 5 nitrogen and oxygen atoms in total. The molecule has 0 aliphatic carbocycles. The van der Waals surface area contributed by atoms with Gasteiger partial charge < -0.3 is 15.1 Å². The molecule has 146 valence electrons. The van der Waals surface area contributed by atoms with E-state index in [1.807, 2.05) is 23.1 Å². The standard InChI is InChI=1S/C21H21F2N3O2/c22-16-7-9-19(18(23)10-16)24-21(28)26-12-14-6-8-17(26)13-25(11-14)20(27)15-4-2-1-3-5-15/h1-5,7,9-10,14,17H,6,8,11-13H2,(H,24,28). The molecule has 3 fully saturated rings. The number of urea groups is 1. The summed E-state index contributed by atoms with van der Waals surface area (Å²) in [5.74, 6) is -1.37. The second-order valence-electron chi connectivity index (χ2n) is 7.38. The first-order valence-electron chi connectivity index (χ1n) is 9.38. The molecule has 0 radical (unpaired) electrons. The number of nitrogens with one attached hydrogen (secondary N) is 1. The van der Waals surface area contributed by atoms with Crippen molar-refractivity contribution >= 4 is 17.6 Å². The molecule has 2 aromatic rings. The second kappa shape index (κ2) is 7.58. The minimum Gasteiger partial charge on any atom is -0.336 e. The molecule has 7 heteroatoms. The quantitative estimate of drug-likeness (QED) is 0.856. The van der Waals surface area contributed by atoms with Gasteiger partial charge in [0.2, 0.25) is 0 Å². The van der Waals surface area contributed by atoms with Crippen molar-refractivity contribution in [2.75, 3.05) is 25.0 Å². The molecule has 5 rings (SSSR count). The summed E-state index contributed by atoms with van der Waals surface area (Å²) in [5.41, 5.74) is 0.580. The van der Waals surface area contributed by atoms with Crippen LogP contribution in [-0.2, 0) is 0 Å². The summed E-state index contributed by atoms with van der Waals surface area (Å²) in [7, 11) is 0. The zero-order valence-corrected chi connectivity index (χ0v) is 15.3. The number of amides is 3. The Morgan fingerprint density at radius 1 is 0.964 bits per heavy atom. The summed E-state index contributed by atoms with van der Waals surface area (Å²) >= 11 is 0. The van der Waals surface area contributed by atoms with Crippen LogP contribution in [-0.4, -0.2) is 47.4 Å². The van der Waals surface area contributed by atoms with Gasteiger partial charge in [0, 0.05) is 31.3 Å². The molecule has 3 aliphatic rings. The summed E-state index contributed by atoms with van der Waals surface area (Å²) < 4.78 is 26.9. The SMILES string of the molecule is O=C(c1ccccc1)N1CC2CCC(C1)N(C(=O)Nc1ccc(F)cc1F)C2. The first-order valence-corrected chi connectivity index (χ1v) is 9.38. The van der Waals surface area contributed by atoms with E-state index in [2.05, 4.69) is 5.32 Å². The van der Waals surface area contributed by atoms with Crippen LogP contribution in [0.5, 0.6) is 0 Å². The van der Waals surface area contributed by atoms with Crippen LogP contribution < -0.4 is 5.32 Å². The van der Waals surface area contributed by atoms with Gasteiger partial charge in [-0.25, -0.2) is 13.6 Å². The van der Waals surface area contributed by atoms with Crippen molar-refractivity contribution in [1.82, 2.24) is 9.80 Å². The first-order chi connectivity index (χ1) is 13.5. The third-order valence-electron chi connectivity index (χ3n) is 5.46. The second-order valence-corrected chi connectivity index (χ2v) is 7.38. The highest BCUT2D eigenvalue weighted by molar-refractivity contribution is 5.94. The summed E-state index contributed by atoms with van der Waals surface area (Å²) in [6.45, 7) is 1.56.